The topological polar surface area (TPSA) is 147 Å². The predicted octanol–water partition coefficient (Wildman–Crippen LogP) is 2.07. The number of carboxylic acid groups (broad SMARTS) is 1. The predicted molar refractivity (Wildman–Crippen MR) is 149 cm³/mol. The quantitative estimate of drug-likeness (QED) is 0.440. The van der Waals surface area contributed by atoms with Gasteiger partial charge in [0, 0.05) is 13.1 Å². The summed E-state index contributed by atoms with van der Waals surface area (Å²) in [6, 6.07) is 16.7. The molecule has 2 N–H and O–H groups in total. The number of aliphatic carboxylic acids is 1. The number of carbonyl (C=O) groups is 4. The van der Waals surface area contributed by atoms with Crippen molar-refractivity contribution < 1.29 is 29.0 Å². The molecule has 0 spiro atoms. The Labute approximate surface area is 239 Å². The van der Waals surface area contributed by atoms with E-state index in [4.69, 9.17) is 4.74 Å². The second-order valence-electron chi connectivity index (χ2n) is 9.25. The number of rotatable bonds is 9. The van der Waals surface area contributed by atoms with Gasteiger partial charge in [-0.1, -0.05) is 56.3 Å². The fraction of sp³-hybridized carbons (Fsp3) is 0.414. The van der Waals surface area contributed by atoms with Gasteiger partial charge in [0.15, 0.2) is 0 Å². The Morgan fingerprint density at radius 1 is 1.07 bits per heavy atom. The zero-order valence-corrected chi connectivity index (χ0v) is 23.5. The Bertz CT molecular complexity index is 1250. The minimum absolute atomic E-state index is 0.0302. The number of benzene rings is 2. The zero-order valence-electron chi connectivity index (χ0n) is 23.5. The summed E-state index contributed by atoms with van der Waals surface area (Å²) >= 11 is 0. The van der Waals surface area contributed by atoms with Gasteiger partial charge in [-0.2, -0.15) is 10.3 Å². The van der Waals surface area contributed by atoms with E-state index in [1.165, 1.54) is 19.8 Å². The van der Waals surface area contributed by atoms with Crippen molar-refractivity contribution in [3.05, 3.63) is 65.7 Å². The van der Waals surface area contributed by atoms with Crippen LogP contribution in [0.3, 0.4) is 0 Å². The first-order valence-electron chi connectivity index (χ1n) is 13.5. The maximum absolute atomic E-state index is 13.5. The summed E-state index contributed by atoms with van der Waals surface area (Å²) in [6.07, 6.45) is -1.11. The van der Waals surface area contributed by atoms with Gasteiger partial charge in [0.25, 0.3) is 0 Å². The standard InChI is InChI=1S/C27H30N6O6.C2H6/c1-39-21-9-7-19(8-10-21)11-13-30-17-23-32(22(26(30)37)15-25(35)36)24(34)18-31(14-12-28)33(23)27(38)29-16-20-5-3-2-4-6-20;1-2/h2-10,22-23H,11,13-18H2,1H3,(H,29,38)(H,35,36);1-2H3/t22?,23-;/m0./s1. The monoisotopic (exact) mass is 564 g/mol. The number of ether oxygens (including phenoxy) is 1. The number of nitrogens with zero attached hydrogens (tertiary/aromatic N) is 5. The number of nitrogens with one attached hydrogen (secondary N) is 1. The number of amides is 4. The molecule has 218 valence electrons. The molecule has 0 radical (unpaired) electrons. The molecule has 2 aliphatic rings. The molecular weight excluding hydrogens is 528 g/mol. The van der Waals surface area contributed by atoms with Crippen LogP contribution in [-0.4, -0.2) is 94.2 Å². The Hall–Kier alpha value is -4.63. The van der Waals surface area contributed by atoms with Crippen molar-refractivity contribution in [2.45, 2.75) is 45.4 Å². The molecule has 4 amide bonds. The lowest BCUT2D eigenvalue weighted by atomic mass is 10.0. The van der Waals surface area contributed by atoms with Gasteiger partial charge in [-0.3, -0.25) is 14.4 Å². The first-order valence-corrected chi connectivity index (χ1v) is 13.5. The number of hydrogen-bond acceptors (Lipinski definition) is 7. The molecule has 12 nitrogen and oxygen atoms in total. The minimum Gasteiger partial charge on any atom is -0.497 e. The van der Waals surface area contributed by atoms with Crippen LogP contribution >= 0.6 is 0 Å². The molecule has 0 aliphatic carbocycles. The second kappa shape index (κ2) is 14.7. The highest BCUT2D eigenvalue weighted by Crippen LogP contribution is 2.28. The number of nitriles is 1. The molecule has 12 heteroatoms. The van der Waals surface area contributed by atoms with Crippen molar-refractivity contribution in [2.24, 2.45) is 0 Å². The maximum atomic E-state index is 13.5. The van der Waals surface area contributed by atoms with Gasteiger partial charge in [0.2, 0.25) is 11.8 Å². The summed E-state index contributed by atoms with van der Waals surface area (Å²) < 4.78 is 5.18. The molecule has 0 saturated carbocycles. The van der Waals surface area contributed by atoms with E-state index in [-0.39, 0.29) is 32.7 Å². The van der Waals surface area contributed by atoms with E-state index in [1.54, 1.807) is 19.2 Å². The molecule has 2 aromatic carbocycles. The molecule has 2 aliphatic heterocycles. The van der Waals surface area contributed by atoms with Gasteiger partial charge in [-0.05, 0) is 29.7 Å². The molecule has 2 atom stereocenters. The Morgan fingerprint density at radius 3 is 2.37 bits per heavy atom. The van der Waals surface area contributed by atoms with Gasteiger partial charge in [0.1, 0.15) is 24.5 Å². The summed E-state index contributed by atoms with van der Waals surface area (Å²) in [4.78, 5) is 54.5. The SMILES string of the molecule is CC.COc1ccc(CCN2C[C@H]3N(C(=O)CN(CC#N)N3C(=O)NCc3ccccc3)C(CC(=O)O)C2=O)cc1. The molecule has 0 bridgehead atoms. The lowest BCUT2D eigenvalue weighted by molar-refractivity contribution is -0.190. The van der Waals surface area contributed by atoms with E-state index in [0.29, 0.717) is 12.2 Å². The van der Waals surface area contributed by atoms with E-state index in [1.807, 2.05) is 62.4 Å². The molecule has 4 rings (SSSR count). The molecule has 1 unspecified atom stereocenters. The van der Waals surface area contributed by atoms with Crippen molar-refractivity contribution in [1.29, 1.82) is 5.26 Å². The number of piperazine rings is 1. The average molecular weight is 565 g/mol. The molecule has 2 saturated heterocycles. The van der Waals surface area contributed by atoms with Crippen LogP contribution in [0.1, 0.15) is 31.4 Å². The molecular formula is C29H36N6O6. The average Bonchev–Trinajstić information content (AvgIpc) is 2.98. The number of hydrogen-bond donors (Lipinski definition) is 2. The summed E-state index contributed by atoms with van der Waals surface area (Å²) in [5, 5.41) is 24.4. The highest BCUT2D eigenvalue weighted by atomic mass is 16.5. The van der Waals surface area contributed by atoms with Crippen molar-refractivity contribution in [3.8, 4) is 11.8 Å². The fourth-order valence-electron chi connectivity index (χ4n) is 4.89. The highest BCUT2D eigenvalue weighted by Gasteiger charge is 2.51. The number of carboxylic acids is 1. The normalized spacial score (nSPS) is 18.5. The smallest absolute Gasteiger partial charge is 0.334 e. The number of urea groups is 1. The zero-order chi connectivity index (χ0) is 29.9. The van der Waals surface area contributed by atoms with E-state index >= 15 is 0 Å². The van der Waals surface area contributed by atoms with Gasteiger partial charge in [0.05, 0.1) is 32.7 Å². The summed E-state index contributed by atoms with van der Waals surface area (Å²) in [5.41, 5.74) is 1.79. The van der Waals surface area contributed by atoms with Crippen molar-refractivity contribution in [1.82, 2.24) is 25.1 Å². The third kappa shape index (κ3) is 7.52. The molecule has 2 fully saturated rings. The molecule has 2 aromatic rings. The van der Waals surface area contributed by atoms with Crippen LogP contribution in [0.2, 0.25) is 0 Å². The maximum Gasteiger partial charge on any atom is 0.334 e. The number of hydrazine groups is 1. The number of carbonyl (C=O) groups excluding carboxylic acids is 3. The van der Waals surface area contributed by atoms with Crippen molar-refractivity contribution in [2.75, 3.05) is 33.3 Å². The lowest BCUT2D eigenvalue weighted by Crippen LogP contribution is -2.76. The minimum atomic E-state index is -1.28. The van der Waals surface area contributed by atoms with E-state index in [2.05, 4.69) is 5.32 Å². The summed E-state index contributed by atoms with van der Waals surface area (Å²) in [6.45, 7) is 3.85. The van der Waals surface area contributed by atoms with Crippen LogP contribution in [-0.2, 0) is 27.3 Å². The molecule has 2 heterocycles. The van der Waals surface area contributed by atoms with Crippen LogP contribution in [0, 0.1) is 11.3 Å². The van der Waals surface area contributed by atoms with Gasteiger partial charge < -0.3 is 25.0 Å². The van der Waals surface area contributed by atoms with E-state index in [9.17, 15) is 29.5 Å². The van der Waals surface area contributed by atoms with Crippen LogP contribution in [0.15, 0.2) is 54.6 Å². The fourth-order valence-corrected chi connectivity index (χ4v) is 4.89. The largest absolute Gasteiger partial charge is 0.497 e. The number of methoxy groups -OCH3 is 1. The summed E-state index contributed by atoms with van der Waals surface area (Å²) in [5.74, 6) is -1.55. The Morgan fingerprint density at radius 2 is 1.76 bits per heavy atom. The summed E-state index contributed by atoms with van der Waals surface area (Å²) in [7, 11) is 1.57. The van der Waals surface area contributed by atoms with Gasteiger partial charge >= 0.3 is 12.0 Å². The lowest BCUT2D eigenvalue weighted by Gasteiger charge is -2.54. The van der Waals surface area contributed by atoms with Gasteiger partial charge in [-0.15, -0.1) is 0 Å². The Balaban J connectivity index is 0.00000226. The highest BCUT2D eigenvalue weighted by molar-refractivity contribution is 5.93. The van der Waals surface area contributed by atoms with E-state index in [0.717, 1.165) is 11.1 Å². The third-order valence-electron chi connectivity index (χ3n) is 6.78. The first-order chi connectivity index (χ1) is 19.8. The third-order valence-corrected chi connectivity index (χ3v) is 6.78. The van der Waals surface area contributed by atoms with Crippen molar-refractivity contribution in [3.63, 3.8) is 0 Å². The second-order valence-corrected chi connectivity index (χ2v) is 9.25. The van der Waals surface area contributed by atoms with Gasteiger partial charge in [-0.25, -0.2) is 9.80 Å². The van der Waals surface area contributed by atoms with Crippen LogP contribution in [0.25, 0.3) is 0 Å². The van der Waals surface area contributed by atoms with Crippen LogP contribution < -0.4 is 10.1 Å². The van der Waals surface area contributed by atoms with Crippen LogP contribution in [0.5, 0.6) is 5.75 Å². The Kier molecular flexibility index (Phi) is 11.1. The molecule has 41 heavy (non-hydrogen) atoms. The molecule has 0 aromatic heterocycles. The van der Waals surface area contributed by atoms with E-state index < -0.39 is 42.4 Å². The van der Waals surface area contributed by atoms with Crippen molar-refractivity contribution >= 4 is 23.8 Å². The number of fused-ring (bicyclic) bond motifs is 1. The van der Waals surface area contributed by atoms with Crippen LogP contribution in [0.4, 0.5) is 4.79 Å². The first kappa shape index (κ1) is 30.9.